The van der Waals surface area contributed by atoms with Crippen LogP contribution in [0.2, 0.25) is 0 Å². The lowest BCUT2D eigenvalue weighted by atomic mass is 9.96. The average Bonchev–Trinajstić information content (AvgIpc) is 3.15. The van der Waals surface area contributed by atoms with E-state index in [0.717, 1.165) is 33.9 Å². The van der Waals surface area contributed by atoms with Crippen LogP contribution in [0.1, 0.15) is 24.7 Å². The highest BCUT2D eigenvalue weighted by Gasteiger charge is 2.18. The van der Waals surface area contributed by atoms with E-state index in [0.29, 0.717) is 22.4 Å². The number of aromatic amines is 1. The fourth-order valence-electron chi connectivity index (χ4n) is 3.32. The fourth-order valence-corrected chi connectivity index (χ4v) is 3.32. The molecule has 0 saturated carbocycles. The Morgan fingerprint density at radius 2 is 1.85 bits per heavy atom. The highest BCUT2D eigenvalue weighted by Crippen LogP contribution is 2.37. The lowest BCUT2D eigenvalue weighted by molar-refractivity contribution is 0.393. The molecule has 0 spiro atoms. The number of H-pyrrole nitrogens is 1. The Morgan fingerprint density at radius 3 is 2.52 bits per heavy atom. The molecule has 0 fully saturated rings. The molecule has 2 heterocycles. The van der Waals surface area contributed by atoms with E-state index in [-0.39, 0.29) is 13.2 Å². The number of methoxy groups -OCH3 is 1. The zero-order valence-corrected chi connectivity index (χ0v) is 15.0. The predicted octanol–water partition coefficient (Wildman–Crippen LogP) is 5.59. The monoisotopic (exact) mass is 367 g/mol. The summed E-state index contributed by atoms with van der Waals surface area (Å²) in [6.07, 6.45) is 0. The Bertz CT molecular complexity index is 1110. The normalized spacial score (nSPS) is 10.9. The molecule has 0 saturated heterocycles. The van der Waals surface area contributed by atoms with Crippen LogP contribution in [0.4, 0.5) is 4.39 Å². The van der Waals surface area contributed by atoms with Crippen LogP contribution in [0, 0.1) is 26.6 Å². The summed E-state index contributed by atoms with van der Waals surface area (Å²) in [5, 5.41) is 4.03. The largest absolute Gasteiger partial charge is 0.497 e. The molecule has 2 aromatic heterocycles. The second-order valence-electron chi connectivity index (χ2n) is 6.29. The van der Waals surface area contributed by atoms with Crippen molar-refractivity contribution in [2.45, 2.75) is 28.2 Å². The Balaban J connectivity index is 0.00000210. The first kappa shape index (κ1) is 18.6. The third-order valence-corrected chi connectivity index (χ3v) is 4.49. The number of nitrogens with one attached hydrogen (secondary N) is 1. The number of imidazole rings is 1. The van der Waals surface area contributed by atoms with Gasteiger partial charge in [0.2, 0.25) is 0 Å². The molecule has 0 bridgehead atoms. The summed E-state index contributed by atoms with van der Waals surface area (Å²) in [5.41, 5.74) is 5.27. The Hall–Kier alpha value is -3.15. The van der Waals surface area contributed by atoms with E-state index in [4.69, 9.17) is 9.26 Å². The van der Waals surface area contributed by atoms with Gasteiger partial charge in [-0.1, -0.05) is 12.6 Å². The smallest absolute Gasteiger partial charge is 0.141 e. The maximum atomic E-state index is 14.6. The van der Waals surface area contributed by atoms with Crippen LogP contribution < -0.4 is 4.74 Å². The molecule has 5 nitrogen and oxygen atoms in total. The van der Waals surface area contributed by atoms with Crippen molar-refractivity contribution >= 4 is 11.0 Å². The summed E-state index contributed by atoms with van der Waals surface area (Å²) in [6.45, 7) is 5.63. The number of fused-ring (bicyclic) bond motifs is 1. The summed E-state index contributed by atoms with van der Waals surface area (Å²) < 4.78 is 25.2. The van der Waals surface area contributed by atoms with E-state index in [1.54, 1.807) is 19.2 Å². The first-order valence-corrected chi connectivity index (χ1v) is 8.25. The van der Waals surface area contributed by atoms with Crippen LogP contribution >= 0.6 is 0 Å². The number of aromatic nitrogens is 3. The van der Waals surface area contributed by atoms with Crippen molar-refractivity contribution in [2.75, 3.05) is 7.11 Å². The quantitative estimate of drug-likeness (QED) is 0.512. The number of hydrogen-bond acceptors (Lipinski definition) is 4. The van der Waals surface area contributed by atoms with E-state index >= 15 is 0 Å². The van der Waals surface area contributed by atoms with Crippen molar-refractivity contribution in [1.29, 1.82) is 0 Å². The van der Waals surface area contributed by atoms with Crippen molar-refractivity contribution in [3.63, 3.8) is 0 Å². The average molecular weight is 367 g/mol. The number of rotatable bonds is 3. The first-order valence-electron chi connectivity index (χ1n) is 8.25. The number of benzene rings is 2. The third-order valence-electron chi connectivity index (χ3n) is 4.49. The molecule has 2 aromatic carbocycles. The molecule has 0 aliphatic rings. The molecule has 0 aliphatic carbocycles. The molecule has 0 aliphatic heterocycles. The zero-order chi connectivity index (χ0) is 18.4. The molecular formula is C21H22FN3O2. The van der Waals surface area contributed by atoms with Crippen molar-refractivity contribution < 1.29 is 13.7 Å². The molecule has 27 heavy (non-hydrogen) atoms. The summed E-state index contributed by atoms with van der Waals surface area (Å²) in [7, 11) is 1.56. The Labute approximate surface area is 157 Å². The van der Waals surface area contributed by atoms with Crippen molar-refractivity contribution in [3.05, 3.63) is 53.4 Å². The number of halogens is 1. The van der Waals surface area contributed by atoms with Gasteiger partial charge >= 0.3 is 0 Å². The number of ether oxygens (including phenoxy) is 1. The molecular weight excluding hydrogens is 345 g/mol. The zero-order valence-electron chi connectivity index (χ0n) is 15.0. The standard InChI is InChI=1S/C20H18FN3O2.CH4/c1-10-19(11(2)26-24-10)13-7-16(20-18(8-13)22-12(3)23-20)15-9-14(25-4)5-6-17(15)21;/h5-9H,1-4H3,(H,22,23);1H4. The summed E-state index contributed by atoms with van der Waals surface area (Å²) in [6, 6.07) is 8.60. The van der Waals surface area contributed by atoms with Crippen molar-refractivity contribution in [2.24, 2.45) is 0 Å². The van der Waals surface area contributed by atoms with Gasteiger partial charge in [0.25, 0.3) is 0 Å². The van der Waals surface area contributed by atoms with Gasteiger partial charge in [-0.25, -0.2) is 9.37 Å². The molecule has 4 aromatic rings. The van der Waals surface area contributed by atoms with Crippen LogP contribution in [-0.4, -0.2) is 22.2 Å². The number of hydrogen-bond donors (Lipinski definition) is 1. The molecule has 0 unspecified atom stereocenters. The fraction of sp³-hybridized carbons (Fsp3) is 0.238. The Kier molecular flexibility index (Phi) is 4.74. The van der Waals surface area contributed by atoms with Gasteiger partial charge in [-0.05, 0) is 56.7 Å². The molecule has 0 amide bonds. The van der Waals surface area contributed by atoms with Crippen LogP contribution in [-0.2, 0) is 0 Å². The maximum absolute atomic E-state index is 14.6. The van der Waals surface area contributed by atoms with Crippen LogP contribution in [0.15, 0.2) is 34.9 Å². The highest BCUT2D eigenvalue weighted by atomic mass is 19.1. The summed E-state index contributed by atoms with van der Waals surface area (Å²) in [5.74, 6) is 1.74. The molecule has 140 valence electrons. The lowest BCUT2D eigenvalue weighted by Crippen LogP contribution is -1.91. The number of aryl methyl sites for hydroxylation is 3. The van der Waals surface area contributed by atoms with Gasteiger partial charge in [-0.2, -0.15) is 0 Å². The Morgan fingerprint density at radius 1 is 1.07 bits per heavy atom. The topological polar surface area (TPSA) is 63.9 Å². The predicted molar refractivity (Wildman–Crippen MR) is 104 cm³/mol. The van der Waals surface area contributed by atoms with Crippen molar-refractivity contribution in [3.8, 4) is 28.0 Å². The minimum Gasteiger partial charge on any atom is -0.497 e. The minimum atomic E-state index is -0.330. The van der Waals surface area contributed by atoms with Crippen molar-refractivity contribution in [1.82, 2.24) is 15.1 Å². The molecule has 4 rings (SSSR count). The van der Waals surface area contributed by atoms with Crippen LogP contribution in [0.25, 0.3) is 33.3 Å². The highest BCUT2D eigenvalue weighted by molar-refractivity contribution is 5.96. The molecule has 6 heteroatoms. The van der Waals surface area contributed by atoms with E-state index < -0.39 is 0 Å². The van der Waals surface area contributed by atoms with Gasteiger partial charge in [-0.15, -0.1) is 0 Å². The van der Waals surface area contributed by atoms with E-state index in [1.807, 2.05) is 32.9 Å². The molecule has 0 atom stereocenters. The second-order valence-corrected chi connectivity index (χ2v) is 6.29. The third kappa shape index (κ3) is 3.07. The number of nitrogens with zero attached hydrogens (tertiary/aromatic N) is 2. The van der Waals surface area contributed by atoms with Crippen LogP contribution in [0.5, 0.6) is 5.75 Å². The summed E-state index contributed by atoms with van der Waals surface area (Å²) >= 11 is 0. The van der Waals surface area contributed by atoms with Gasteiger partial charge in [0.15, 0.2) is 0 Å². The van der Waals surface area contributed by atoms with Gasteiger partial charge in [0.05, 0.1) is 23.8 Å². The van der Waals surface area contributed by atoms with Gasteiger partial charge < -0.3 is 14.2 Å². The molecule has 0 radical (unpaired) electrons. The minimum absolute atomic E-state index is 0. The lowest BCUT2D eigenvalue weighted by Gasteiger charge is -2.10. The van der Waals surface area contributed by atoms with E-state index in [2.05, 4.69) is 15.1 Å². The maximum Gasteiger partial charge on any atom is 0.141 e. The van der Waals surface area contributed by atoms with Crippen LogP contribution in [0.3, 0.4) is 0 Å². The van der Waals surface area contributed by atoms with E-state index in [9.17, 15) is 4.39 Å². The first-order chi connectivity index (χ1) is 12.5. The second kappa shape index (κ2) is 6.87. The van der Waals surface area contributed by atoms with E-state index in [1.165, 1.54) is 6.07 Å². The van der Waals surface area contributed by atoms with Gasteiger partial charge in [0, 0.05) is 16.7 Å². The SMILES string of the molecule is C.COc1ccc(F)c(-c2cc(-c3c(C)noc3C)cc3[nH]c(C)nc23)c1. The summed E-state index contributed by atoms with van der Waals surface area (Å²) in [4.78, 5) is 7.79. The molecule has 1 N–H and O–H groups in total. The van der Waals surface area contributed by atoms with Gasteiger partial charge in [0.1, 0.15) is 23.2 Å². The van der Waals surface area contributed by atoms with Gasteiger partial charge in [-0.3, -0.25) is 0 Å².